The molecule has 0 spiro atoms. The first kappa shape index (κ1) is 21.6. The Labute approximate surface area is 183 Å². The fourth-order valence-corrected chi connectivity index (χ4v) is 4.57. The highest BCUT2D eigenvalue weighted by Crippen LogP contribution is 2.41. The molecule has 2 aliphatic rings. The second-order valence-corrected chi connectivity index (χ2v) is 8.46. The van der Waals surface area contributed by atoms with E-state index in [0.29, 0.717) is 23.6 Å². The number of amides is 1. The Hall–Kier alpha value is -2.60. The second kappa shape index (κ2) is 9.27. The standard InChI is InChI=1S/C25H31FN2O3/c1-4-21(27-25(29)16-9-10-16)24-19-14-23(31-3)22(30-2)13-17(19)11-12-28(24)15-18-7-5-6-8-20(18)26/h5-8,13-14,16,21,24H,4,9-12,15H2,1-3H3,(H,27,29). The van der Waals surface area contributed by atoms with E-state index in [1.807, 2.05) is 24.3 Å². The Morgan fingerprint density at radius 1 is 1.19 bits per heavy atom. The zero-order chi connectivity index (χ0) is 22.0. The first-order chi connectivity index (χ1) is 15.0. The zero-order valence-corrected chi connectivity index (χ0v) is 18.5. The monoisotopic (exact) mass is 426 g/mol. The van der Waals surface area contributed by atoms with Crippen molar-refractivity contribution in [3.8, 4) is 11.5 Å². The summed E-state index contributed by atoms with van der Waals surface area (Å²) in [4.78, 5) is 14.9. The number of nitrogens with zero attached hydrogens (tertiary/aromatic N) is 1. The van der Waals surface area contributed by atoms with Crippen LogP contribution >= 0.6 is 0 Å². The Bertz CT molecular complexity index is 944. The molecule has 4 rings (SSSR count). The van der Waals surface area contributed by atoms with Crippen molar-refractivity contribution in [2.45, 2.75) is 51.2 Å². The summed E-state index contributed by atoms with van der Waals surface area (Å²) in [5.41, 5.74) is 2.97. The minimum Gasteiger partial charge on any atom is -0.493 e. The zero-order valence-electron chi connectivity index (χ0n) is 18.5. The third-order valence-electron chi connectivity index (χ3n) is 6.45. The molecule has 1 saturated carbocycles. The Balaban J connectivity index is 1.72. The van der Waals surface area contributed by atoms with Gasteiger partial charge in [-0.1, -0.05) is 25.1 Å². The Morgan fingerprint density at radius 2 is 1.90 bits per heavy atom. The summed E-state index contributed by atoms with van der Waals surface area (Å²) in [7, 11) is 3.27. The molecule has 31 heavy (non-hydrogen) atoms. The minimum absolute atomic E-state index is 0.0722. The van der Waals surface area contributed by atoms with E-state index < -0.39 is 0 Å². The maximum absolute atomic E-state index is 14.5. The van der Waals surface area contributed by atoms with Gasteiger partial charge >= 0.3 is 0 Å². The summed E-state index contributed by atoms with van der Waals surface area (Å²) in [6.07, 6.45) is 3.54. The highest BCUT2D eigenvalue weighted by molar-refractivity contribution is 5.81. The van der Waals surface area contributed by atoms with Crippen LogP contribution in [0.2, 0.25) is 0 Å². The third-order valence-corrected chi connectivity index (χ3v) is 6.45. The topological polar surface area (TPSA) is 50.8 Å². The number of halogens is 1. The van der Waals surface area contributed by atoms with Crippen molar-refractivity contribution < 1.29 is 18.7 Å². The number of rotatable bonds is 8. The largest absolute Gasteiger partial charge is 0.493 e. The molecule has 1 aliphatic heterocycles. The van der Waals surface area contributed by atoms with E-state index in [4.69, 9.17) is 9.47 Å². The van der Waals surface area contributed by atoms with Crippen molar-refractivity contribution in [1.82, 2.24) is 10.2 Å². The van der Waals surface area contributed by atoms with Crippen LogP contribution in [0.5, 0.6) is 11.5 Å². The van der Waals surface area contributed by atoms with Crippen LogP contribution in [0.1, 0.15) is 48.9 Å². The van der Waals surface area contributed by atoms with Crippen LogP contribution in [-0.2, 0) is 17.8 Å². The molecule has 2 atom stereocenters. The number of carbonyl (C=O) groups excluding carboxylic acids is 1. The Kier molecular flexibility index (Phi) is 6.46. The number of benzene rings is 2. The lowest BCUT2D eigenvalue weighted by molar-refractivity contribution is -0.123. The molecular weight excluding hydrogens is 395 g/mol. The normalized spacial score (nSPS) is 19.4. The lowest BCUT2D eigenvalue weighted by atomic mass is 9.86. The lowest BCUT2D eigenvalue weighted by Gasteiger charge is -2.42. The van der Waals surface area contributed by atoms with Gasteiger partial charge in [0.05, 0.1) is 20.3 Å². The van der Waals surface area contributed by atoms with Crippen LogP contribution < -0.4 is 14.8 Å². The summed E-state index contributed by atoms with van der Waals surface area (Å²) in [6.45, 7) is 3.35. The van der Waals surface area contributed by atoms with Gasteiger partial charge < -0.3 is 14.8 Å². The molecule has 0 radical (unpaired) electrons. The molecule has 2 unspecified atom stereocenters. The molecule has 1 aliphatic carbocycles. The molecule has 2 aromatic rings. The number of hydrogen-bond donors (Lipinski definition) is 1. The highest BCUT2D eigenvalue weighted by Gasteiger charge is 2.38. The van der Waals surface area contributed by atoms with Gasteiger partial charge in [-0.05, 0) is 55.0 Å². The molecule has 0 aromatic heterocycles. The van der Waals surface area contributed by atoms with Crippen molar-refractivity contribution in [3.05, 3.63) is 58.9 Å². The number of carbonyl (C=O) groups is 1. The average Bonchev–Trinajstić information content (AvgIpc) is 3.63. The van der Waals surface area contributed by atoms with Gasteiger partial charge in [0.25, 0.3) is 0 Å². The van der Waals surface area contributed by atoms with Crippen LogP contribution in [0.4, 0.5) is 4.39 Å². The van der Waals surface area contributed by atoms with Gasteiger partial charge in [0.15, 0.2) is 11.5 Å². The first-order valence-corrected chi connectivity index (χ1v) is 11.1. The van der Waals surface area contributed by atoms with Crippen LogP contribution in [0.15, 0.2) is 36.4 Å². The summed E-state index contributed by atoms with van der Waals surface area (Å²) < 4.78 is 25.5. The van der Waals surface area contributed by atoms with Gasteiger partial charge in [0.2, 0.25) is 5.91 Å². The van der Waals surface area contributed by atoms with E-state index >= 15 is 0 Å². The van der Waals surface area contributed by atoms with Gasteiger partial charge in [-0.15, -0.1) is 0 Å². The van der Waals surface area contributed by atoms with E-state index in [-0.39, 0.29) is 29.7 Å². The van der Waals surface area contributed by atoms with Crippen molar-refractivity contribution in [3.63, 3.8) is 0 Å². The molecule has 1 fully saturated rings. The molecule has 5 nitrogen and oxygen atoms in total. The summed E-state index contributed by atoms with van der Waals surface area (Å²) >= 11 is 0. The summed E-state index contributed by atoms with van der Waals surface area (Å²) in [5.74, 6) is 1.45. The molecule has 1 amide bonds. The quantitative estimate of drug-likeness (QED) is 0.686. The van der Waals surface area contributed by atoms with E-state index in [9.17, 15) is 9.18 Å². The average molecular weight is 427 g/mol. The van der Waals surface area contributed by atoms with Gasteiger partial charge in [-0.2, -0.15) is 0 Å². The van der Waals surface area contributed by atoms with Crippen molar-refractivity contribution >= 4 is 5.91 Å². The number of nitrogens with one attached hydrogen (secondary N) is 1. The maximum atomic E-state index is 14.5. The van der Waals surface area contributed by atoms with E-state index in [1.54, 1.807) is 20.3 Å². The first-order valence-electron chi connectivity index (χ1n) is 11.1. The SMILES string of the molecule is CCC(NC(=O)C1CC1)C1c2cc(OC)c(OC)cc2CCN1Cc1ccccc1F. The Morgan fingerprint density at radius 3 is 2.55 bits per heavy atom. The molecule has 0 saturated heterocycles. The van der Waals surface area contributed by atoms with Gasteiger partial charge in [-0.3, -0.25) is 9.69 Å². The molecule has 1 heterocycles. The molecule has 166 valence electrons. The van der Waals surface area contributed by atoms with Gasteiger partial charge in [0.1, 0.15) is 5.82 Å². The summed E-state index contributed by atoms with van der Waals surface area (Å²) in [6, 6.07) is 10.8. The van der Waals surface area contributed by atoms with Gasteiger partial charge in [-0.25, -0.2) is 4.39 Å². The van der Waals surface area contributed by atoms with Crippen LogP contribution in [0, 0.1) is 11.7 Å². The predicted molar refractivity (Wildman–Crippen MR) is 118 cm³/mol. The van der Waals surface area contributed by atoms with Crippen LogP contribution in [0.3, 0.4) is 0 Å². The van der Waals surface area contributed by atoms with E-state index in [1.165, 1.54) is 11.6 Å². The number of methoxy groups -OCH3 is 2. The van der Waals surface area contributed by atoms with Crippen molar-refractivity contribution in [2.24, 2.45) is 5.92 Å². The third kappa shape index (κ3) is 4.54. The van der Waals surface area contributed by atoms with Crippen molar-refractivity contribution in [1.29, 1.82) is 0 Å². The maximum Gasteiger partial charge on any atom is 0.223 e. The fourth-order valence-electron chi connectivity index (χ4n) is 4.57. The number of hydrogen-bond acceptors (Lipinski definition) is 4. The molecule has 2 aromatic carbocycles. The smallest absolute Gasteiger partial charge is 0.223 e. The van der Waals surface area contributed by atoms with E-state index in [2.05, 4.69) is 17.1 Å². The molecule has 1 N–H and O–H groups in total. The van der Waals surface area contributed by atoms with Gasteiger partial charge in [0, 0.05) is 30.6 Å². The summed E-state index contributed by atoms with van der Waals surface area (Å²) in [5, 5.41) is 3.29. The van der Waals surface area contributed by atoms with Crippen LogP contribution in [0.25, 0.3) is 0 Å². The predicted octanol–water partition coefficient (Wildman–Crippen LogP) is 4.25. The van der Waals surface area contributed by atoms with E-state index in [0.717, 1.165) is 37.8 Å². The minimum atomic E-state index is -0.200. The lowest BCUT2D eigenvalue weighted by Crippen LogP contribution is -2.49. The molecule has 0 bridgehead atoms. The second-order valence-electron chi connectivity index (χ2n) is 8.46. The number of ether oxygens (including phenoxy) is 2. The van der Waals surface area contributed by atoms with Crippen molar-refractivity contribution in [2.75, 3.05) is 20.8 Å². The number of fused-ring (bicyclic) bond motifs is 1. The fraction of sp³-hybridized carbons (Fsp3) is 0.480. The molecule has 6 heteroatoms. The molecular formula is C25H31FN2O3. The highest BCUT2D eigenvalue weighted by atomic mass is 19.1. The van der Waals surface area contributed by atoms with Crippen LogP contribution in [-0.4, -0.2) is 37.6 Å².